The Bertz CT molecular complexity index is 1330. The number of piperidine rings is 1. The maximum absolute atomic E-state index is 14.5. The zero-order valence-corrected chi connectivity index (χ0v) is 25.0. The Kier molecular flexibility index (Phi) is 8.72. The number of halogens is 2. The monoisotopic (exact) mass is 594 g/mol. The highest BCUT2D eigenvalue weighted by atomic mass is 35.5. The van der Waals surface area contributed by atoms with Gasteiger partial charge in [0, 0.05) is 35.6 Å². The highest BCUT2D eigenvalue weighted by Crippen LogP contribution is 2.53. The first-order valence-electron chi connectivity index (χ1n) is 13.3. The number of sulfonamides is 1. The second-order valence-electron chi connectivity index (χ2n) is 11.1. The Morgan fingerprint density at radius 2 is 1.77 bits per heavy atom. The molecule has 0 radical (unpaired) electrons. The largest absolute Gasteiger partial charge is 0.481 e. The maximum Gasteiger partial charge on any atom is 0.307 e. The van der Waals surface area contributed by atoms with E-state index in [1.165, 1.54) is 4.31 Å². The van der Waals surface area contributed by atoms with E-state index in [0.717, 1.165) is 11.1 Å². The summed E-state index contributed by atoms with van der Waals surface area (Å²) >= 11 is 12.6. The summed E-state index contributed by atoms with van der Waals surface area (Å²) in [5.41, 5.74) is 0.495. The van der Waals surface area contributed by atoms with E-state index in [0.29, 0.717) is 29.3 Å². The molecule has 5 atom stereocenters. The van der Waals surface area contributed by atoms with Crippen LogP contribution in [0.15, 0.2) is 48.5 Å². The fourth-order valence-corrected chi connectivity index (χ4v) is 7.77. The van der Waals surface area contributed by atoms with Crippen LogP contribution in [0, 0.1) is 11.3 Å². The zero-order chi connectivity index (χ0) is 28.7. The van der Waals surface area contributed by atoms with Gasteiger partial charge in [0.1, 0.15) is 0 Å². The third-order valence-electron chi connectivity index (χ3n) is 8.57. The fraction of sp³-hybridized carbons (Fsp3) is 0.517. The summed E-state index contributed by atoms with van der Waals surface area (Å²) in [7, 11) is -1.91. The summed E-state index contributed by atoms with van der Waals surface area (Å²) in [6.45, 7) is 5.33. The molecule has 2 aromatic carbocycles. The number of rotatable bonds is 10. The predicted octanol–water partition coefficient (Wildman–Crippen LogP) is 5.98. The highest BCUT2D eigenvalue weighted by Gasteiger charge is 2.55. The SMILES string of the molecule is CC[C@@H](CN(C)S(=O)(=O)C1CC1)N1C(=O)[C@](C)([C@H](C)C(=O)O)C[C@H](c2cccc(Cl)c2)[C@H]1c1ccc(Cl)cc1. The molecule has 0 bridgehead atoms. The zero-order valence-electron chi connectivity index (χ0n) is 22.7. The van der Waals surface area contributed by atoms with Gasteiger partial charge in [-0.25, -0.2) is 12.7 Å². The number of carboxylic acid groups (broad SMARTS) is 1. The van der Waals surface area contributed by atoms with Gasteiger partial charge >= 0.3 is 5.97 Å². The molecule has 0 unspecified atom stereocenters. The predicted molar refractivity (Wildman–Crippen MR) is 153 cm³/mol. The third-order valence-corrected chi connectivity index (χ3v) is 11.4. The molecule has 10 heteroatoms. The molecule has 2 aliphatic rings. The summed E-state index contributed by atoms with van der Waals surface area (Å²) in [6, 6.07) is 13.8. The average Bonchev–Trinajstić information content (AvgIpc) is 3.75. The van der Waals surface area contributed by atoms with E-state index in [1.807, 2.05) is 37.3 Å². The molecule has 1 aliphatic carbocycles. The van der Waals surface area contributed by atoms with Crippen LogP contribution in [0.1, 0.15) is 69.5 Å². The van der Waals surface area contributed by atoms with Gasteiger partial charge in [0.2, 0.25) is 15.9 Å². The van der Waals surface area contributed by atoms with Gasteiger partial charge in [0.15, 0.2) is 0 Å². The van der Waals surface area contributed by atoms with E-state index in [9.17, 15) is 23.1 Å². The topological polar surface area (TPSA) is 95.0 Å². The van der Waals surface area contributed by atoms with Crippen LogP contribution in [-0.2, 0) is 19.6 Å². The first-order chi connectivity index (χ1) is 18.3. The Hall–Kier alpha value is -2.13. The van der Waals surface area contributed by atoms with Gasteiger partial charge in [-0.2, -0.15) is 0 Å². The Morgan fingerprint density at radius 1 is 1.13 bits per heavy atom. The minimum atomic E-state index is -3.48. The first-order valence-corrected chi connectivity index (χ1v) is 15.6. The second kappa shape index (κ2) is 11.4. The van der Waals surface area contributed by atoms with Gasteiger partial charge in [-0.05, 0) is 68.0 Å². The van der Waals surface area contributed by atoms with Crippen LogP contribution in [0.25, 0.3) is 0 Å². The van der Waals surface area contributed by atoms with Crippen LogP contribution in [-0.4, -0.2) is 59.5 Å². The summed E-state index contributed by atoms with van der Waals surface area (Å²) < 4.78 is 27.5. The number of likely N-dealkylation sites (tertiary alicyclic amines) is 1. The van der Waals surface area contributed by atoms with Crippen LogP contribution in [0.5, 0.6) is 0 Å². The summed E-state index contributed by atoms with van der Waals surface area (Å²) in [4.78, 5) is 28.5. The number of nitrogens with zero attached hydrogens (tertiary/aromatic N) is 2. The quantitative estimate of drug-likeness (QED) is 0.365. The maximum atomic E-state index is 14.5. The lowest BCUT2D eigenvalue weighted by molar-refractivity contribution is -0.167. The van der Waals surface area contributed by atoms with Crippen LogP contribution in [0.2, 0.25) is 10.0 Å². The Labute approximate surface area is 241 Å². The molecule has 1 aliphatic heterocycles. The summed E-state index contributed by atoms with van der Waals surface area (Å²) in [6.07, 6.45) is 2.06. The van der Waals surface area contributed by atoms with Crippen molar-refractivity contribution in [3.63, 3.8) is 0 Å². The minimum absolute atomic E-state index is 0.116. The van der Waals surface area contributed by atoms with Crippen molar-refractivity contribution in [1.29, 1.82) is 0 Å². The second-order valence-corrected chi connectivity index (χ2v) is 14.3. The standard InChI is InChI=1S/C29H36Cl2N2O5S/c1-5-23(17-32(4)39(37,38)24-13-14-24)33-26(19-9-11-21(30)12-10-19)25(20-7-6-8-22(31)15-20)16-29(3,28(33)36)18(2)27(34)35/h6-12,15,18,23-26H,5,13-14,16-17H2,1-4H3,(H,34,35)/t18-,23+,25-,26-,29+/m1/s1. The number of benzene rings is 2. The molecule has 1 saturated carbocycles. The molecular weight excluding hydrogens is 559 g/mol. The Morgan fingerprint density at radius 3 is 2.31 bits per heavy atom. The van der Waals surface area contributed by atoms with E-state index < -0.39 is 39.4 Å². The molecule has 7 nitrogen and oxygen atoms in total. The highest BCUT2D eigenvalue weighted by molar-refractivity contribution is 7.90. The summed E-state index contributed by atoms with van der Waals surface area (Å²) in [5, 5.41) is 10.8. The lowest BCUT2D eigenvalue weighted by atomic mass is 9.63. The van der Waals surface area contributed by atoms with Crippen LogP contribution >= 0.6 is 23.2 Å². The van der Waals surface area contributed by atoms with Gasteiger partial charge < -0.3 is 10.0 Å². The molecule has 4 rings (SSSR count). The molecule has 0 aromatic heterocycles. The molecular formula is C29H36Cl2N2O5S. The lowest BCUT2D eigenvalue weighted by Crippen LogP contribution is -2.60. The third kappa shape index (κ3) is 5.85. The van der Waals surface area contributed by atoms with Crippen molar-refractivity contribution < 1.29 is 23.1 Å². The van der Waals surface area contributed by atoms with E-state index in [-0.39, 0.29) is 30.0 Å². The molecule has 212 valence electrons. The van der Waals surface area contributed by atoms with Crippen LogP contribution in [0.4, 0.5) is 0 Å². The molecule has 2 fully saturated rings. The van der Waals surface area contributed by atoms with Crippen LogP contribution in [0.3, 0.4) is 0 Å². The smallest absolute Gasteiger partial charge is 0.307 e. The van der Waals surface area contributed by atoms with Crippen molar-refractivity contribution >= 4 is 45.1 Å². The van der Waals surface area contributed by atoms with Gasteiger partial charge in [0.05, 0.1) is 22.6 Å². The van der Waals surface area contributed by atoms with Crippen molar-refractivity contribution in [1.82, 2.24) is 9.21 Å². The van der Waals surface area contributed by atoms with Gasteiger partial charge in [-0.3, -0.25) is 9.59 Å². The number of likely N-dealkylation sites (N-methyl/N-ethyl adjacent to an activating group) is 1. The average molecular weight is 596 g/mol. The van der Waals surface area contributed by atoms with Crippen molar-refractivity contribution in [3.05, 3.63) is 69.7 Å². The molecule has 1 N–H and O–H groups in total. The molecule has 1 saturated heterocycles. The van der Waals surface area contributed by atoms with Gasteiger partial charge in [0.25, 0.3) is 0 Å². The van der Waals surface area contributed by atoms with E-state index in [4.69, 9.17) is 23.2 Å². The van der Waals surface area contributed by atoms with Crippen molar-refractivity contribution in [2.24, 2.45) is 11.3 Å². The molecule has 2 aromatic rings. The first kappa shape index (κ1) is 29.8. The van der Waals surface area contributed by atoms with E-state index in [2.05, 4.69) is 0 Å². The molecule has 39 heavy (non-hydrogen) atoms. The van der Waals surface area contributed by atoms with Crippen LogP contribution < -0.4 is 0 Å². The van der Waals surface area contributed by atoms with Gasteiger partial charge in [-0.1, -0.05) is 61.3 Å². The fourth-order valence-electron chi connectivity index (χ4n) is 5.82. The Balaban J connectivity index is 1.89. The minimum Gasteiger partial charge on any atom is -0.481 e. The molecule has 1 amide bonds. The number of amides is 1. The van der Waals surface area contributed by atoms with E-state index >= 15 is 0 Å². The van der Waals surface area contributed by atoms with Crippen molar-refractivity contribution in [2.75, 3.05) is 13.6 Å². The van der Waals surface area contributed by atoms with Crippen molar-refractivity contribution in [3.8, 4) is 0 Å². The number of carbonyl (C=O) groups excluding carboxylic acids is 1. The lowest BCUT2D eigenvalue weighted by Gasteiger charge is -2.53. The summed E-state index contributed by atoms with van der Waals surface area (Å²) in [5.74, 6) is -2.61. The number of hydrogen-bond acceptors (Lipinski definition) is 4. The van der Waals surface area contributed by atoms with Crippen molar-refractivity contribution in [2.45, 2.75) is 69.7 Å². The molecule has 1 heterocycles. The number of aliphatic carboxylic acids is 1. The number of carboxylic acids is 1. The number of carbonyl (C=O) groups is 2. The normalized spacial score (nSPS) is 25.5. The van der Waals surface area contributed by atoms with Gasteiger partial charge in [-0.15, -0.1) is 0 Å². The molecule has 0 spiro atoms. The number of hydrogen-bond donors (Lipinski definition) is 1. The van der Waals surface area contributed by atoms with E-state index in [1.54, 1.807) is 44.0 Å².